The van der Waals surface area contributed by atoms with Crippen LogP contribution < -0.4 is 5.32 Å². The van der Waals surface area contributed by atoms with E-state index >= 15 is 0 Å². The summed E-state index contributed by atoms with van der Waals surface area (Å²) in [6.07, 6.45) is 2.86. The average molecular weight is 329 g/mol. The van der Waals surface area contributed by atoms with Gasteiger partial charge in [0.25, 0.3) is 0 Å². The van der Waals surface area contributed by atoms with Crippen molar-refractivity contribution in [3.63, 3.8) is 0 Å². The second-order valence-corrected chi connectivity index (χ2v) is 5.88. The molecule has 0 bridgehead atoms. The van der Waals surface area contributed by atoms with Gasteiger partial charge in [0.2, 0.25) is 5.91 Å². The number of carbonyl (C=O) groups excluding carboxylic acids is 2. The van der Waals surface area contributed by atoms with Crippen molar-refractivity contribution < 1.29 is 14.3 Å². The monoisotopic (exact) mass is 329 g/mol. The highest BCUT2D eigenvalue weighted by Crippen LogP contribution is 2.26. The van der Waals surface area contributed by atoms with Crippen molar-refractivity contribution in [3.05, 3.63) is 42.2 Å². The van der Waals surface area contributed by atoms with E-state index in [1.54, 1.807) is 6.08 Å². The molecule has 2 aromatic rings. The first-order valence-corrected chi connectivity index (χ1v) is 7.91. The van der Waals surface area contributed by atoms with Gasteiger partial charge in [-0.15, -0.1) is 0 Å². The Morgan fingerprint density at radius 1 is 1.33 bits per heavy atom. The van der Waals surface area contributed by atoms with Gasteiger partial charge in [0.05, 0.1) is 18.1 Å². The lowest BCUT2D eigenvalue weighted by Gasteiger charge is -2.23. The maximum Gasteiger partial charge on any atom is 0.330 e. The van der Waals surface area contributed by atoms with E-state index in [9.17, 15) is 9.59 Å². The number of benzene rings is 1. The number of para-hydroxylation sites is 2. The van der Waals surface area contributed by atoms with E-state index in [1.807, 2.05) is 49.6 Å². The second-order valence-electron chi connectivity index (χ2n) is 5.88. The van der Waals surface area contributed by atoms with Crippen LogP contribution in [-0.4, -0.2) is 35.1 Å². The minimum absolute atomic E-state index is 0.0888. The third-order valence-electron chi connectivity index (χ3n) is 3.80. The van der Waals surface area contributed by atoms with Gasteiger partial charge < -0.3 is 14.6 Å². The molecule has 1 aromatic heterocycles. The molecular weight excluding hydrogens is 306 g/mol. The van der Waals surface area contributed by atoms with Gasteiger partial charge in [-0.3, -0.25) is 4.79 Å². The van der Waals surface area contributed by atoms with E-state index in [4.69, 9.17) is 0 Å². The maximum atomic E-state index is 12.7. The molecule has 0 saturated carbocycles. The van der Waals surface area contributed by atoms with Crippen LogP contribution in [0.1, 0.15) is 25.7 Å². The summed E-state index contributed by atoms with van der Waals surface area (Å²) >= 11 is 0. The molecule has 0 aliphatic heterocycles. The minimum atomic E-state index is -0.443. The summed E-state index contributed by atoms with van der Waals surface area (Å²) in [6, 6.07) is 7.40. The molecular formula is C18H23N3O3. The van der Waals surface area contributed by atoms with Gasteiger partial charge in [-0.05, 0) is 25.0 Å². The number of nitrogens with zero attached hydrogens (tertiary/aromatic N) is 2. The first kappa shape index (κ1) is 17.7. The van der Waals surface area contributed by atoms with Crippen LogP contribution in [-0.2, 0) is 14.3 Å². The molecule has 6 nitrogen and oxygen atoms in total. The van der Waals surface area contributed by atoms with Crippen LogP contribution >= 0.6 is 0 Å². The molecule has 1 amide bonds. The fourth-order valence-corrected chi connectivity index (χ4v) is 2.72. The molecule has 6 heteroatoms. The van der Waals surface area contributed by atoms with Crippen LogP contribution in [0.4, 0.5) is 0 Å². The Labute approximate surface area is 141 Å². The number of amides is 1. The predicted octanol–water partition coefficient (Wildman–Crippen LogP) is 2.39. The number of ether oxygens (including phenoxy) is 1. The second kappa shape index (κ2) is 7.77. The zero-order chi connectivity index (χ0) is 17.7. The van der Waals surface area contributed by atoms with E-state index < -0.39 is 5.97 Å². The first-order chi connectivity index (χ1) is 11.5. The number of fused-ring (bicyclic) bond motifs is 1. The van der Waals surface area contributed by atoms with Crippen molar-refractivity contribution in [2.45, 2.75) is 26.8 Å². The number of aryl methyl sites for hydroxylation is 1. The van der Waals surface area contributed by atoms with Crippen LogP contribution in [0.15, 0.2) is 36.4 Å². The van der Waals surface area contributed by atoms with Crippen molar-refractivity contribution in [2.24, 2.45) is 5.92 Å². The first-order valence-electron chi connectivity index (χ1n) is 7.91. The van der Waals surface area contributed by atoms with Gasteiger partial charge in [-0.1, -0.05) is 32.1 Å². The molecule has 0 aliphatic carbocycles. The molecule has 24 heavy (non-hydrogen) atoms. The van der Waals surface area contributed by atoms with E-state index in [0.717, 1.165) is 16.9 Å². The van der Waals surface area contributed by atoms with Gasteiger partial charge in [0.15, 0.2) is 0 Å². The molecule has 2 rings (SSSR count). The lowest BCUT2D eigenvalue weighted by atomic mass is 10.0. The number of nitrogens with one attached hydrogen (secondary N) is 1. The summed E-state index contributed by atoms with van der Waals surface area (Å²) < 4.78 is 6.49. The fraction of sp³-hybridized carbons (Fsp3) is 0.389. The highest BCUT2D eigenvalue weighted by Gasteiger charge is 2.26. The standard InChI is InChI=1S/C18H23N3O3/c1-12(2)17(18(23)19-11-7-10-16(22)24-4)21-13(3)20-14-8-5-6-9-15(14)21/h5-10,12,17H,11H2,1-4H3,(H,19,23)/b10-7+. The van der Waals surface area contributed by atoms with Gasteiger partial charge in [-0.25, -0.2) is 9.78 Å². The smallest absolute Gasteiger partial charge is 0.330 e. The van der Waals surface area contributed by atoms with Crippen molar-refractivity contribution in [3.8, 4) is 0 Å². The Balaban J connectivity index is 2.22. The Morgan fingerprint density at radius 3 is 2.71 bits per heavy atom. The van der Waals surface area contributed by atoms with Gasteiger partial charge >= 0.3 is 5.97 Å². The molecule has 0 aliphatic rings. The summed E-state index contributed by atoms with van der Waals surface area (Å²) in [4.78, 5) is 28.3. The third-order valence-corrected chi connectivity index (χ3v) is 3.80. The number of methoxy groups -OCH3 is 1. The lowest BCUT2D eigenvalue weighted by molar-refractivity contribution is -0.135. The highest BCUT2D eigenvalue weighted by molar-refractivity contribution is 5.85. The zero-order valence-electron chi connectivity index (χ0n) is 14.4. The molecule has 1 N–H and O–H groups in total. The summed E-state index contributed by atoms with van der Waals surface area (Å²) in [7, 11) is 1.31. The summed E-state index contributed by atoms with van der Waals surface area (Å²) in [5.74, 6) is 0.341. The summed E-state index contributed by atoms with van der Waals surface area (Å²) in [5, 5.41) is 2.84. The number of rotatable bonds is 6. The molecule has 0 radical (unpaired) electrons. The Kier molecular flexibility index (Phi) is 5.73. The topological polar surface area (TPSA) is 73.2 Å². The predicted molar refractivity (Wildman–Crippen MR) is 92.5 cm³/mol. The average Bonchev–Trinajstić information content (AvgIpc) is 2.87. The molecule has 1 atom stereocenters. The molecule has 0 saturated heterocycles. The Hall–Kier alpha value is -2.63. The Morgan fingerprint density at radius 2 is 2.04 bits per heavy atom. The van der Waals surface area contributed by atoms with E-state index in [0.29, 0.717) is 0 Å². The number of hydrogen-bond donors (Lipinski definition) is 1. The highest BCUT2D eigenvalue weighted by atomic mass is 16.5. The summed E-state index contributed by atoms with van der Waals surface area (Å²) in [5.41, 5.74) is 1.81. The van der Waals surface area contributed by atoms with Crippen molar-refractivity contribution >= 4 is 22.9 Å². The van der Waals surface area contributed by atoms with Crippen LogP contribution in [0.3, 0.4) is 0 Å². The number of carbonyl (C=O) groups is 2. The SMILES string of the molecule is COC(=O)/C=C/CNC(=O)C(C(C)C)n1c(C)nc2ccccc21. The maximum absolute atomic E-state index is 12.7. The number of esters is 1. The number of aromatic nitrogens is 2. The van der Waals surface area contributed by atoms with Gasteiger partial charge in [0.1, 0.15) is 11.9 Å². The summed E-state index contributed by atoms with van der Waals surface area (Å²) in [6.45, 7) is 6.17. The number of imidazole rings is 1. The molecule has 0 spiro atoms. The quantitative estimate of drug-likeness (QED) is 0.652. The molecule has 0 fully saturated rings. The van der Waals surface area contributed by atoms with E-state index in [-0.39, 0.29) is 24.4 Å². The van der Waals surface area contributed by atoms with Gasteiger partial charge in [0, 0.05) is 12.6 Å². The zero-order valence-corrected chi connectivity index (χ0v) is 14.4. The number of hydrogen-bond acceptors (Lipinski definition) is 4. The fourth-order valence-electron chi connectivity index (χ4n) is 2.72. The Bertz CT molecular complexity index is 762. The van der Waals surface area contributed by atoms with Crippen molar-refractivity contribution in [1.29, 1.82) is 0 Å². The van der Waals surface area contributed by atoms with Crippen LogP contribution in [0.25, 0.3) is 11.0 Å². The largest absolute Gasteiger partial charge is 0.466 e. The third kappa shape index (κ3) is 3.82. The van der Waals surface area contributed by atoms with Crippen molar-refractivity contribution in [1.82, 2.24) is 14.9 Å². The normalized spacial score (nSPS) is 12.7. The molecule has 128 valence electrons. The van der Waals surface area contributed by atoms with Crippen LogP contribution in [0.2, 0.25) is 0 Å². The minimum Gasteiger partial charge on any atom is -0.466 e. The van der Waals surface area contributed by atoms with Crippen LogP contribution in [0.5, 0.6) is 0 Å². The molecule has 1 unspecified atom stereocenters. The van der Waals surface area contributed by atoms with Gasteiger partial charge in [-0.2, -0.15) is 0 Å². The van der Waals surface area contributed by atoms with Crippen molar-refractivity contribution in [2.75, 3.05) is 13.7 Å². The molecule has 1 aromatic carbocycles. The van der Waals surface area contributed by atoms with E-state index in [2.05, 4.69) is 15.0 Å². The van der Waals surface area contributed by atoms with E-state index in [1.165, 1.54) is 13.2 Å². The lowest BCUT2D eigenvalue weighted by Crippen LogP contribution is -2.36. The van der Waals surface area contributed by atoms with Crippen LogP contribution in [0, 0.1) is 12.8 Å². The molecule has 1 heterocycles.